The molecule has 0 amide bonds. The third-order valence-electron chi connectivity index (χ3n) is 5.12. The molecule has 29 heavy (non-hydrogen) atoms. The molecule has 3 aromatic rings. The van der Waals surface area contributed by atoms with E-state index in [4.69, 9.17) is 0 Å². The monoisotopic (exact) mass is 396 g/mol. The summed E-state index contributed by atoms with van der Waals surface area (Å²) in [5.41, 5.74) is 3.38. The van der Waals surface area contributed by atoms with Gasteiger partial charge in [-0.3, -0.25) is 4.98 Å². The van der Waals surface area contributed by atoms with Gasteiger partial charge in [0.2, 0.25) is 17.6 Å². The minimum atomic E-state index is -0.862. The quantitative estimate of drug-likeness (QED) is 0.422. The molecule has 0 aliphatic carbocycles. The van der Waals surface area contributed by atoms with Gasteiger partial charge in [-0.15, -0.1) is 0 Å². The lowest BCUT2D eigenvalue weighted by atomic mass is 9.86. The Morgan fingerprint density at radius 3 is 2.00 bits per heavy atom. The van der Waals surface area contributed by atoms with Crippen LogP contribution in [0.5, 0.6) is 0 Å². The first-order chi connectivity index (χ1) is 13.4. The van der Waals surface area contributed by atoms with E-state index in [-0.39, 0.29) is 22.0 Å². The lowest BCUT2D eigenvalue weighted by Gasteiger charge is -2.20. The minimum absolute atomic E-state index is 0.0988. The lowest BCUT2D eigenvalue weighted by molar-refractivity contribution is -0.660. The molecule has 0 atom stereocenters. The van der Waals surface area contributed by atoms with E-state index >= 15 is 0 Å². The average molecular weight is 397 g/mol. The predicted molar refractivity (Wildman–Crippen MR) is 111 cm³/mol. The fourth-order valence-electron chi connectivity index (χ4n) is 3.18. The van der Waals surface area contributed by atoms with Gasteiger partial charge in [-0.05, 0) is 40.2 Å². The second-order valence-corrected chi connectivity index (χ2v) is 9.51. The second-order valence-electron chi connectivity index (χ2n) is 9.51. The number of aromatic nitrogens is 3. The summed E-state index contributed by atoms with van der Waals surface area (Å²) in [5, 5.41) is 0. The van der Waals surface area contributed by atoms with Gasteiger partial charge in [-0.1, -0.05) is 41.5 Å². The minimum Gasteiger partial charge on any atom is -0.256 e. The molecule has 0 aliphatic heterocycles. The van der Waals surface area contributed by atoms with Crippen LogP contribution in [0.25, 0.3) is 22.5 Å². The van der Waals surface area contributed by atoms with Crippen molar-refractivity contribution in [3.05, 3.63) is 65.7 Å². The highest BCUT2D eigenvalue weighted by molar-refractivity contribution is 5.68. The summed E-state index contributed by atoms with van der Waals surface area (Å²) in [6.07, 6.45) is 3.54. The molecular weight excluding hydrogens is 368 g/mol. The van der Waals surface area contributed by atoms with Crippen molar-refractivity contribution in [2.45, 2.75) is 52.4 Å². The Kier molecular flexibility index (Phi) is 5.28. The van der Waals surface area contributed by atoms with Crippen LogP contribution in [0.4, 0.5) is 8.78 Å². The van der Waals surface area contributed by atoms with E-state index < -0.39 is 11.9 Å². The van der Waals surface area contributed by atoms with E-state index in [1.165, 1.54) is 6.07 Å². The van der Waals surface area contributed by atoms with Gasteiger partial charge in [-0.25, -0.2) is 4.57 Å². The summed E-state index contributed by atoms with van der Waals surface area (Å²) >= 11 is 0. The number of nitrogens with zero attached hydrogens (tertiary/aromatic N) is 3. The maximum atomic E-state index is 14.7. The highest BCUT2D eigenvalue weighted by atomic mass is 19.1. The first-order valence-corrected chi connectivity index (χ1v) is 9.71. The van der Waals surface area contributed by atoms with Crippen LogP contribution in [0.2, 0.25) is 0 Å². The maximum Gasteiger partial charge on any atom is 0.229 e. The summed E-state index contributed by atoms with van der Waals surface area (Å²) in [7, 11) is 1.84. The third-order valence-corrected chi connectivity index (χ3v) is 5.12. The number of hydrogen-bond donors (Lipinski definition) is 0. The zero-order chi connectivity index (χ0) is 21.6. The van der Waals surface area contributed by atoms with Crippen LogP contribution in [0.3, 0.4) is 0 Å². The molecule has 0 aliphatic rings. The highest BCUT2D eigenvalue weighted by Crippen LogP contribution is 2.31. The maximum absolute atomic E-state index is 14.7. The number of hydrogen-bond acceptors (Lipinski definition) is 2. The van der Waals surface area contributed by atoms with E-state index in [9.17, 15) is 8.78 Å². The van der Waals surface area contributed by atoms with E-state index in [0.29, 0.717) is 11.4 Å². The van der Waals surface area contributed by atoms with Gasteiger partial charge in [0.15, 0.2) is 6.20 Å². The molecule has 5 heteroatoms. The van der Waals surface area contributed by atoms with Crippen molar-refractivity contribution in [2.24, 2.45) is 7.05 Å². The van der Waals surface area contributed by atoms with Gasteiger partial charge in [0.05, 0.1) is 11.3 Å². The van der Waals surface area contributed by atoms with Crippen molar-refractivity contribution in [1.82, 2.24) is 9.97 Å². The van der Waals surface area contributed by atoms with Gasteiger partial charge in [0, 0.05) is 18.3 Å². The molecule has 0 radical (unpaired) electrons. The first-order valence-electron chi connectivity index (χ1n) is 9.71. The molecule has 3 aromatic heterocycles. The van der Waals surface area contributed by atoms with E-state index in [1.54, 1.807) is 6.20 Å². The zero-order valence-corrected chi connectivity index (χ0v) is 18.1. The Hall–Kier alpha value is -2.69. The van der Waals surface area contributed by atoms with Crippen molar-refractivity contribution in [2.75, 3.05) is 0 Å². The zero-order valence-electron chi connectivity index (χ0n) is 18.1. The summed E-state index contributed by atoms with van der Waals surface area (Å²) < 4.78 is 31.2. The SMILES string of the molecule is C[n+]1ccc(C(C)(C)C)cc1-c1cc(-c2cc(C(C)(C)C)ccn2)c(F)nc1F. The van der Waals surface area contributed by atoms with Gasteiger partial charge in [0.1, 0.15) is 12.6 Å². The molecular formula is C24H28F2N3+. The Bertz CT molecular complexity index is 1060. The first kappa shape index (κ1) is 21.0. The smallest absolute Gasteiger partial charge is 0.229 e. The van der Waals surface area contributed by atoms with Gasteiger partial charge >= 0.3 is 0 Å². The Labute approximate surface area is 171 Å². The van der Waals surface area contributed by atoms with Crippen LogP contribution in [-0.4, -0.2) is 9.97 Å². The molecule has 0 saturated heterocycles. The molecule has 3 nitrogen and oxygen atoms in total. The van der Waals surface area contributed by atoms with Crippen molar-refractivity contribution in [1.29, 1.82) is 0 Å². The Morgan fingerprint density at radius 2 is 1.38 bits per heavy atom. The average Bonchev–Trinajstić information content (AvgIpc) is 2.61. The summed E-state index contributed by atoms with van der Waals surface area (Å²) in [4.78, 5) is 7.88. The highest BCUT2D eigenvalue weighted by Gasteiger charge is 2.24. The largest absolute Gasteiger partial charge is 0.256 e. The fourth-order valence-corrected chi connectivity index (χ4v) is 3.18. The summed E-state index contributed by atoms with van der Waals surface area (Å²) in [5.74, 6) is -1.70. The molecule has 0 spiro atoms. The van der Waals surface area contributed by atoms with Gasteiger partial charge in [0.25, 0.3) is 0 Å². The van der Waals surface area contributed by atoms with Crippen molar-refractivity contribution < 1.29 is 13.3 Å². The molecule has 152 valence electrons. The second kappa shape index (κ2) is 7.29. The molecule has 0 N–H and O–H groups in total. The fraction of sp³-hybridized carbons (Fsp3) is 0.375. The van der Waals surface area contributed by atoms with Crippen LogP contribution in [0.15, 0.2) is 42.7 Å². The molecule has 0 bridgehead atoms. The summed E-state index contributed by atoms with van der Waals surface area (Å²) in [6, 6.07) is 9.20. The molecule has 0 aromatic carbocycles. The Morgan fingerprint density at radius 1 is 0.793 bits per heavy atom. The molecule has 0 unspecified atom stereocenters. The Balaban J connectivity index is 2.21. The van der Waals surface area contributed by atoms with E-state index in [2.05, 4.69) is 51.5 Å². The van der Waals surface area contributed by atoms with Gasteiger partial charge < -0.3 is 0 Å². The summed E-state index contributed by atoms with van der Waals surface area (Å²) in [6.45, 7) is 12.5. The number of halogens is 2. The molecule has 0 fully saturated rings. The van der Waals surface area contributed by atoms with Crippen molar-refractivity contribution in [3.8, 4) is 22.5 Å². The van der Waals surface area contributed by atoms with Crippen LogP contribution in [-0.2, 0) is 17.9 Å². The van der Waals surface area contributed by atoms with E-state index in [1.807, 2.05) is 42.1 Å². The van der Waals surface area contributed by atoms with Crippen molar-refractivity contribution in [3.63, 3.8) is 0 Å². The van der Waals surface area contributed by atoms with Gasteiger partial charge in [-0.2, -0.15) is 13.8 Å². The topological polar surface area (TPSA) is 29.7 Å². The van der Waals surface area contributed by atoms with Crippen molar-refractivity contribution >= 4 is 0 Å². The predicted octanol–water partition coefficient (Wildman–Crippen LogP) is 5.51. The van der Waals surface area contributed by atoms with Crippen LogP contribution in [0.1, 0.15) is 52.7 Å². The van der Waals surface area contributed by atoms with Crippen LogP contribution >= 0.6 is 0 Å². The van der Waals surface area contributed by atoms with Crippen LogP contribution < -0.4 is 4.57 Å². The van der Waals surface area contributed by atoms with Crippen LogP contribution in [0, 0.1) is 11.9 Å². The standard InChI is InChI=1S/C24H28F2N3/c1-23(2,3)15-8-10-27-19(12-15)17-14-18(22(26)28-21(17)25)20-13-16(24(4,5)6)9-11-29(20)7/h8-14H,1-7H3/q+1. The number of aryl methyl sites for hydroxylation is 1. The molecule has 3 heterocycles. The third kappa shape index (κ3) is 4.34. The normalized spacial score (nSPS) is 12.3. The molecule has 3 rings (SSSR count). The lowest BCUT2D eigenvalue weighted by Crippen LogP contribution is -2.32. The van der Waals surface area contributed by atoms with E-state index in [0.717, 1.165) is 11.1 Å². The number of pyridine rings is 3. The number of rotatable bonds is 2. The molecule has 0 saturated carbocycles.